The van der Waals surface area contributed by atoms with Gasteiger partial charge in [-0.1, -0.05) is 20.3 Å². The summed E-state index contributed by atoms with van der Waals surface area (Å²) in [6.45, 7) is 4.80. The third kappa shape index (κ3) is 3.65. The number of carboxylic acids is 1. The van der Waals surface area contributed by atoms with Gasteiger partial charge in [0.15, 0.2) is 0 Å². The number of aromatic nitrogens is 2. The van der Waals surface area contributed by atoms with Gasteiger partial charge < -0.3 is 20.4 Å². The van der Waals surface area contributed by atoms with E-state index < -0.39 is 12.0 Å². The largest absolute Gasteiger partial charge is 0.480 e. The summed E-state index contributed by atoms with van der Waals surface area (Å²) >= 11 is 0. The Labute approximate surface area is 130 Å². The number of rotatable bonds is 7. The van der Waals surface area contributed by atoms with Gasteiger partial charge in [0, 0.05) is 12.6 Å². The van der Waals surface area contributed by atoms with Gasteiger partial charge in [0.05, 0.1) is 12.6 Å². The van der Waals surface area contributed by atoms with Crippen LogP contribution in [-0.2, 0) is 4.79 Å². The number of anilines is 2. The lowest BCUT2D eigenvalue weighted by Crippen LogP contribution is -2.36. The molecule has 122 valence electrons. The summed E-state index contributed by atoms with van der Waals surface area (Å²) in [5.74, 6) is 0.334. The van der Waals surface area contributed by atoms with Gasteiger partial charge in [-0.25, -0.2) is 14.8 Å². The highest BCUT2D eigenvalue weighted by Gasteiger charge is 2.27. The first-order valence-electron chi connectivity index (χ1n) is 7.75. The molecule has 1 fully saturated rings. The Morgan fingerprint density at radius 1 is 1.55 bits per heavy atom. The van der Waals surface area contributed by atoms with E-state index in [9.17, 15) is 15.0 Å². The van der Waals surface area contributed by atoms with E-state index in [0.29, 0.717) is 5.82 Å². The molecule has 1 aromatic heterocycles. The molecule has 7 nitrogen and oxygen atoms in total. The van der Waals surface area contributed by atoms with Crippen molar-refractivity contribution >= 4 is 17.6 Å². The Balaban J connectivity index is 2.15. The predicted molar refractivity (Wildman–Crippen MR) is 84.0 cm³/mol. The Bertz CT molecular complexity index is 511. The third-order valence-electron chi connectivity index (χ3n) is 4.32. The highest BCUT2D eigenvalue weighted by Crippen LogP contribution is 2.25. The van der Waals surface area contributed by atoms with Gasteiger partial charge >= 0.3 is 5.97 Å². The van der Waals surface area contributed by atoms with Crippen LogP contribution in [0.25, 0.3) is 0 Å². The van der Waals surface area contributed by atoms with Crippen LogP contribution in [0, 0.1) is 5.92 Å². The Morgan fingerprint density at radius 2 is 2.32 bits per heavy atom. The Hall–Kier alpha value is -1.89. The van der Waals surface area contributed by atoms with Gasteiger partial charge in [-0.2, -0.15) is 0 Å². The fraction of sp³-hybridized carbons (Fsp3) is 0.667. The van der Waals surface area contributed by atoms with Crippen molar-refractivity contribution in [3.05, 3.63) is 12.4 Å². The van der Waals surface area contributed by atoms with Gasteiger partial charge in [0.1, 0.15) is 24.0 Å². The zero-order valence-electron chi connectivity index (χ0n) is 13.1. The fourth-order valence-electron chi connectivity index (χ4n) is 2.75. The molecule has 3 atom stereocenters. The molecule has 0 spiro atoms. The predicted octanol–water partition coefficient (Wildman–Crippen LogP) is 1.35. The van der Waals surface area contributed by atoms with Gasteiger partial charge in [-0.3, -0.25) is 0 Å². The molecule has 1 aliphatic rings. The second-order valence-electron chi connectivity index (χ2n) is 5.78. The molecule has 7 heteroatoms. The minimum absolute atomic E-state index is 0.00658. The SMILES string of the molecule is CC[C@H](C)[C@H](Nc1cc(N2CCCC2CO)ncn1)C(=O)O. The number of carboxylic acid groups (broad SMARTS) is 1. The van der Waals surface area contributed by atoms with Gasteiger partial charge in [-0.15, -0.1) is 0 Å². The lowest BCUT2D eigenvalue weighted by Gasteiger charge is -2.25. The highest BCUT2D eigenvalue weighted by atomic mass is 16.4. The topological polar surface area (TPSA) is 98.6 Å². The van der Waals surface area contributed by atoms with Crippen LogP contribution in [0.1, 0.15) is 33.1 Å². The average molecular weight is 308 g/mol. The van der Waals surface area contributed by atoms with E-state index >= 15 is 0 Å². The first-order chi connectivity index (χ1) is 10.6. The molecule has 0 amide bonds. The summed E-state index contributed by atoms with van der Waals surface area (Å²) in [4.78, 5) is 21.8. The fourth-order valence-corrected chi connectivity index (χ4v) is 2.75. The molecule has 1 aromatic rings. The summed E-state index contributed by atoms with van der Waals surface area (Å²) in [7, 11) is 0. The molecule has 1 saturated heterocycles. The van der Waals surface area contributed by atoms with E-state index in [-0.39, 0.29) is 18.6 Å². The molecule has 3 N–H and O–H groups in total. The monoisotopic (exact) mass is 308 g/mol. The maximum absolute atomic E-state index is 11.4. The lowest BCUT2D eigenvalue weighted by atomic mass is 9.99. The van der Waals surface area contributed by atoms with E-state index in [1.165, 1.54) is 6.33 Å². The van der Waals surface area contributed by atoms with Crippen molar-refractivity contribution in [2.24, 2.45) is 5.92 Å². The van der Waals surface area contributed by atoms with E-state index in [1.54, 1.807) is 6.07 Å². The molecule has 2 heterocycles. The number of aliphatic hydroxyl groups excluding tert-OH is 1. The molecule has 2 rings (SSSR count). The van der Waals surface area contributed by atoms with Crippen LogP contribution in [0.15, 0.2) is 12.4 Å². The van der Waals surface area contributed by atoms with E-state index in [0.717, 1.165) is 31.6 Å². The number of aliphatic hydroxyl groups is 1. The number of hydrogen-bond donors (Lipinski definition) is 3. The summed E-state index contributed by atoms with van der Waals surface area (Å²) < 4.78 is 0. The number of hydrogen-bond acceptors (Lipinski definition) is 6. The first-order valence-corrected chi connectivity index (χ1v) is 7.75. The lowest BCUT2D eigenvalue weighted by molar-refractivity contribution is -0.139. The molecule has 1 unspecified atom stereocenters. The molecule has 1 aliphatic heterocycles. The van der Waals surface area contributed by atoms with Crippen LogP contribution >= 0.6 is 0 Å². The minimum Gasteiger partial charge on any atom is -0.480 e. The van der Waals surface area contributed by atoms with Crippen molar-refractivity contribution in [1.29, 1.82) is 0 Å². The normalized spacial score (nSPS) is 20.7. The number of nitrogens with one attached hydrogen (secondary N) is 1. The van der Waals surface area contributed by atoms with Crippen LogP contribution in [0.3, 0.4) is 0 Å². The maximum atomic E-state index is 11.4. The van der Waals surface area contributed by atoms with Crippen molar-refractivity contribution in [1.82, 2.24) is 9.97 Å². The van der Waals surface area contributed by atoms with E-state index in [4.69, 9.17) is 0 Å². The third-order valence-corrected chi connectivity index (χ3v) is 4.32. The van der Waals surface area contributed by atoms with Crippen LogP contribution < -0.4 is 10.2 Å². The van der Waals surface area contributed by atoms with Gasteiger partial charge in [0.25, 0.3) is 0 Å². The van der Waals surface area contributed by atoms with E-state index in [1.807, 2.05) is 18.7 Å². The van der Waals surface area contributed by atoms with Crippen molar-refractivity contribution in [2.75, 3.05) is 23.4 Å². The standard InChI is InChI=1S/C15H24N4O3/c1-3-10(2)14(15(21)22)18-12-7-13(17-9-16-12)19-6-4-5-11(19)8-20/h7,9-11,14,20H,3-6,8H2,1-2H3,(H,21,22)(H,16,17,18)/t10-,11?,14-/m0/s1. The second-order valence-corrected chi connectivity index (χ2v) is 5.78. The number of carbonyl (C=O) groups is 1. The molecule has 0 aromatic carbocycles. The average Bonchev–Trinajstić information content (AvgIpc) is 3.00. The highest BCUT2D eigenvalue weighted by molar-refractivity contribution is 5.77. The maximum Gasteiger partial charge on any atom is 0.326 e. The molecule has 0 aliphatic carbocycles. The summed E-state index contributed by atoms with van der Waals surface area (Å²) in [6, 6.07) is 1.15. The molecular formula is C15H24N4O3. The summed E-state index contributed by atoms with van der Waals surface area (Å²) in [6.07, 6.45) is 4.15. The van der Waals surface area contributed by atoms with Crippen molar-refractivity contribution in [3.8, 4) is 0 Å². The Morgan fingerprint density at radius 3 is 2.95 bits per heavy atom. The Kier molecular flexibility index (Phi) is 5.54. The smallest absolute Gasteiger partial charge is 0.326 e. The second kappa shape index (κ2) is 7.40. The van der Waals surface area contributed by atoms with Gasteiger partial charge in [-0.05, 0) is 18.8 Å². The first kappa shape index (κ1) is 16.5. The molecule has 0 radical (unpaired) electrons. The van der Waals surface area contributed by atoms with Crippen molar-refractivity contribution < 1.29 is 15.0 Å². The molecule has 0 bridgehead atoms. The summed E-state index contributed by atoms with van der Waals surface area (Å²) in [5, 5.41) is 21.7. The van der Waals surface area contributed by atoms with Crippen molar-refractivity contribution in [2.45, 2.75) is 45.2 Å². The van der Waals surface area contributed by atoms with Crippen LogP contribution in [0.5, 0.6) is 0 Å². The minimum atomic E-state index is -0.885. The van der Waals surface area contributed by atoms with Crippen LogP contribution in [-0.4, -0.2) is 51.4 Å². The van der Waals surface area contributed by atoms with Crippen LogP contribution in [0.2, 0.25) is 0 Å². The molecule has 22 heavy (non-hydrogen) atoms. The van der Waals surface area contributed by atoms with Crippen LogP contribution in [0.4, 0.5) is 11.6 Å². The van der Waals surface area contributed by atoms with Gasteiger partial charge in [0.2, 0.25) is 0 Å². The van der Waals surface area contributed by atoms with Crippen molar-refractivity contribution in [3.63, 3.8) is 0 Å². The van der Waals surface area contributed by atoms with E-state index in [2.05, 4.69) is 15.3 Å². The zero-order chi connectivity index (χ0) is 16.1. The number of nitrogens with zero attached hydrogens (tertiary/aromatic N) is 3. The quantitative estimate of drug-likeness (QED) is 0.699. The zero-order valence-corrected chi connectivity index (χ0v) is 13.1. The summed E-state index contributed by atoms with van der Waals surface area (Å²) in [5.41, 5.74) is 0. The number of aliphatic carboxylic acids is 1. The molecular weight excluding hydrogens is 284 g/mol. The molecule has 0 saturated carbocycles.